The van der Waals surface area contributed by atoms with Crippen LogP contribution in [0.25, 0.3) is 0 Å². The van der Waals surface area contributed by atoms with Crippen LogP contribution >= 0.6 is 0 Å². The lowest BCUT2D eigenvalue weighted by atomic mass is 10.1. The molecule has 0 radical (unpaired) electrons. The number of carbonyl (C=O) groups excluding carboxylic acids is 2. The van der Waals surface area contributed by atoms with Crippen molar-refractivity contribution in [1.82, 2.24) is 0 Å². The first-order valence-corrected chi connectivity index (χ1v) is 4.49. The van der Waals surface area contributed by atoms with Gasteiger partial charge in [0.05, 0.1) is 7.11 Å². The van der Waals surface area contributed by atoms with Crippen molar-refractivity contribution in [3.63, 3.8) is 0 Å². The van der Waals surface area contributed by atoms with Gasteiger partial charge in [-0.1, -0.05) is 13.8 Å². The van der Waals surface area contributed by atoms with Crippen molar-refractivity contribution >= 4 is 11.9 Å². The highest BCUT2D eigenvalue weighted by Gasteiger charge is 2.57. The Morgan fingerprint density at radius 2 is 2.00 bits per heavy atom. The van der Waals surface area contributed by atoms with E-state index < -0.39 is 35.0 Å². The largest absolute Gasteiger partial charge is 0.550 e. The molecule has 2 unspecified atom stereocenters. The third-order valence-electron chi connectivity index (χ3n) is 2.87. The highest BCUT2D eigenvalue weighted by Crippen LogP contribution is 2.59. The van der Waals surface area contributed by atoms with Crippen LogP contribution in [-0.2, 0) is 14.3 Å². The molecule has 1 fully saturated rings. The number of rotatable bonds is 3. The molecule has 0 saturated heterocycles. The molecule has 0 aliphatic heterocycles. The second-order valence-corrected chi connectivity index (χ2v) is 4.15. The first-order chi connectivity index (χ1) is 6.82. The Hall–Kier alpha value is -1.39. The molecular formula is C10H12FO4-. The predicted octanol–water partition coefficient (Wildman–Crippen LogP) is 0.0349. The summed E-state index contributed by atoms with van der Waals surface area (Å²) >= 11 is 0. The lowest BCUT2D eigenvalue weighted by molar-refractivity contribution is -0.309. The molecule has 0 bridgehead atoms. The van der Waals surface area contributed by atoms with Gasteiger partial charge in [-0.25, -0.2) is 4.79 Å². The van der Waals surface area contributed by atoms with E-state index in [0.717, 1.165) is 13.2 Å². The molecule has 0 aromatic rings. The van der Waals surface area contributed by atoms with Gasteiger partial charge >= 0.3 is 5.97 Å². The number of esters is 1. The summed E-state index contributed by atoms with van der Waals surface area (Å²) in [4.78, 5) is 21.4. The highest BCUT2D eigenvalue weighted by atomic mass is 19.1. The number of halogens is 1. The Balaban J connectivity index is 2.78. The molecule has 0 amide bonds. The Morgan fingerprint density at radius 1 is 1.47 bits per heavy atom. The topological polar surface area (TPSA) is 66.4 Å². The van der Waals surface area contributed by atoms with Crippen molar-refractivity contribution in [1.29, 1.82) is 0 Å². The lowest BCUT2D eigenvalue weighted by Gasteiger charge is -2.01. The van der Waals surface area contributed by atoms with Gasteiger partial charge < -0.3 is 14.6 Å². The summed E-state index contributed by atoms with van der Waals surface area (Å²) in [5.41, 5.74) is -0.565. The molecule has 1 aliphatic rings. The van der Waals surface area contributed by atoms with E-state index in [1.165, 1.54) is 0 Å². The maximum absolute atomic E-state index is 13.0. The predicted molar refractivity (Wildman–Crippen MR) is 47.0 cm³/mol. The van der Waals surface area contributed by atoms with Crippen molar-refractivity contribution in [3.05, 3.63) is 11.9 Å². The van der Waals surface area contributed by atoms with Crippen molar-refractivity contribution in [2.24, 2.45) is 17.3 Å². The zero-order chi connectivity index (χ0) is 11.8. The number of allylic oxidation sites excluding steroid dienone is 1. The molecule has 84 valence electrons. The Bertz CT molecular complexity index is 332. The second-order valence-electron chi connectivity index (χ2n) is 4.15. The van der Waals surface area contributed by atoms with Crippen LogP contribution in [0.15, 0.2) is 11.9 Å². The van der Waals surface area contributed by atoms with E-state index in [2.05, 4.69) is 4.74 Å². The number of hydrogen-bond donors (Lipinski definition) is 0. The summed E-state index contributed by atoms with van der Waals surface area (Å²) in [5.74, 6) is -4.62. The van der Waals surface area contributed by atoms with Crippen LogP contribution in [0.1, 0.15) is 13.8 Å². The summed E-state index contributed by atoms with van der Waals surface area (Å²) in [6.45, 7) is 3.36. The molecule has 4 nitrogen and oxygen atoms in total. The monoisotopic (exact) mass is 215 g/mol. The molecule has 0 aromatic carbocycles. The van der Waals surface area contributed by atoms with Gasteiger partial charge in [-0.15, -0.1) is 0 Å². The van der Waals surface area contributed by atoms with Gasteiger partial charge in [0.15, 0.2) is 0 Å². The van der Waals surface area contributed by atoms with Crippen molar-refractivity contribution < 1.29 is 23.8 Å². The molecule has 5 heteroatoms. The molecule has 0 heterocycles. The fraction of sp³-hybridized carbons (Fsp3) is 0.600. The molecule has 1 saturated carbocycles. The number of methoxy groups -OCH3 is 1. The van der Waals surface area contributed by atoms with E-state index in [9.17, 15) is 19.1 Å². The van der Waals surface area contributed by atoms with Gasteiger partial charge in [-0.2, -0.15) is 4.39 Å². The third-order valence-corrected chi connectivity index (χ3v) is 2.87. The minimum atomic E-state index is -1.22. The smallest absolute Gasteiger partial charge is 0.366 e. The van der Waals surface area contributed by atoms with Crippen LogP contribution in [0.5, 0.6) is 0 Å². The zero-order valence-electron chi connectivity index (χ0n) is 8.74. The van der Waals surface area contributed by atoms with E-state index in [4.69, 9.17) is 0 Å². The number of carbonyl (C=O) groups is 2. The second kappa shape index (κ2) is 3.64. The van der Waals surface area contributed by atoms with Crippen molar-refractivity contribution in [2.75, 3.05) is 7.11 Å². The number of aliphatic carboxylic acids is 1. The van der Waals surface area contributed by atoms with Crippen LogP contribution in [0.4, 0.5) is 4.39 Å². The minimum absolute atomic E-state index is 0.512. The normalized spacial score (nSPS) is 28.4. The first kappa shape index (κ1) is 11.7. The number of carboxylic acid groups (broad SMARTS) is 1. The SMILES string of the molecule is COC(=O)/C(F)=C\C1C(C(=O)[O-])C1(C)C. The Labute approximate surface area is 86.7 Å². The summed E-state index contributed by atoms with van der Waals surface area (Å²) in [6.07, 6.45) is 0.992. The molecule has 1 rings (SSSR count). The van der Waals surface area contributed by atoms with E-state index in [1.807, 2.05) is 0 Å². The summed E-state index contributed by atoms with van der Waals surface area (Å²) in [7, 11) is 1.06. The fourth-order valence-electron chi connectivity index (χ4n) is 1.76. The summed E-state index contributed by atoms with van der Waals surface area (Å²) in [5, 5.41) is 10.6. The van der Waals surface area contributed by atoms with Crippen LogP contribution in [-0.4, -0.2) is 19.0 Å². The lowest BCUT2D eigenvalue weighted by Crippen LogP contribution is -2.26. The summed E-state index contributed by atoms with van der Waals surface area (Å²) < 4.78 is 17.2. The third kappa shape index (κ3) is 2.00. The van der Waals surface area contributed by atoms with E-state index in [0.29, 0.717) is 0 Å². The van der Waals surface area contributed by atoms with Gasteiger partial charge in [-0.3, -0.25) is 0 Å². The van der Waals surface area contributed by atoms with Gasteiger partial charge in [-0.05, 0) is 17.4 Å². The highest BCUT2D eigenvalue weighted by molar-refractivity contribution is 5.86. The Kier molecular flexibility index (Phi) is 2.83. The van der Waals surface area contributed by atoms with Crippen molar-refractivity contribution in [3.8, 4) is 0 Å². The van der Waals surface area contributed by atoms with Crippen LogP contribution in [0, 0.1) is 17.3 Å². The molecule has 0 aromatic heterocycles. The molecule has 0 N–H and O–H groups in total. The van der Waals surface area contributed by atoms with Crippen molar-refractivity contribution in [2.45, 2.75) is 13.8 Å². The number of hydrogen-bond acceptors (Lipinski definition) is 4. The van der Waals surface area contributed by atoms with Gasteiger partial charge in [0.2, 0.25) is 5.83 Å². The number of carboxylic acids is 1. The average molecular weight is 215 g/mol. The van der Waals surface area contributed by atoms with Gasteiger partial charge in [0.1, 0.15) is 0 Å². The molecule has 0 spiro atoms. The van der Waals surface area contributed by atoms with Crippen LogP contribution < -0.4 is 5.11 Å². The van der Waals surface area contributed by atoms with Gasteiger partial charge in [0.25, 0.3) is 0 Å². The first-order valence-electron chi connectivity index (χ1n) is 4.49. The maximum atomic E-state index is 13.0. The Morgan fingerprint density at radius 3 is 2.33 bits per heavy atom. The van der Waals surface area contributed by atoms with E-state index in [-0.39, 0.29) is 0 Å². The van der Waals surface area contributed by atoms with Crippen LogP contribution in [0.3, 0.4) is 0 Å². The van der Waals surface area contributed by atoms with E-state index in [1.54, 1.807) is 13.8 Å². The molecule has 2 atom stereocenters. The standard InChI is InChI=1S/C10H13FO4/c1-10(2)5(7(10)8(12)13)4-6(11)9(14)15-3/h4-5,7H,1-3H3,(H,12,13)/p-1/b6-4+. The average Bonchev–Trinajstić information content (AvgIpc) is 2.66. The quantitative estimate of drug-likeness (QED) is 0.492. The number of ether oxygens (including phenoxy) is 1. The van der Waals surface area contributed by atoms with E-state index >= 15 is 0 Å². The zero-order valence-corrected chi connectivity index (χ0v) is 8.74. The maximum Gasteiger partial charge on any atom is 0.366 e. The molecule has 15 heavy (non-hydrogen) atoms. The van der Waals surface area contributed by atoms with Gasteiger partial charge in [0, 0.05) is 11.9 Å². The molecule has 1 aliphatic carbocycles. The minimum Gasteiger partial charge on any atom is -0.550 e. The summed E-state index contributed by atoms with van der Waals surface area (Å²) in [6, 6.07) is 0. The fourth-order valence-corrected chi connectivity index (χ4v) is 1.76. The molecular weight excluding hydrogens is 203 g/mol. The van der Waals surface area contributed by atoms with Crippen LogP contribution in [0.2, 0.25) is 0 Å².